The van der Waals surface area contributed by atoms with Crippen LogP contribution in [0.15, 0.2) is 35.8 Å². The molecule has 90 valence electrons. The number of methoxy groups -OCH3 is 1. The van der Waals surface area contributed by atoms with Crippen molar-refractivity contribution in [1.82, 2.24) is 10.3 Å². The Morgan fingerprint density at radius 3 is 2.65 bits per heavy atom. The van der Waals surface area contributed by atoms with Crippen LogP contribution in [0, 0.1) is 0 Å². The zero-order valence-corrected chi connectivity index (χ0v) is 10.8. The molecule has 2 aromatic rings. The van der Waals surface area contributed by atoms with Crippen molar-refractivity contribution in [2.24, 2.45) is 0 Å². The largest absolute Gasteiger partial charge is 0.497 e. The minimum Gasteiger partial charge on any atom is -0.497 e. The summed E-state index contributed by atoms with van der Waals surface area (Å²) in [4.78, 5) is 4.38. The number of benzene rings is 1. The number of nitrogens with one attached hydrogen (secondary N) is 1. The van der Waals surface area contributed by atoms with Crippen LogP contribution in [0.2, 0.25) is 0 Å². The summed E-state index contributed by atoms with van der Waals surface area (Å²) in [7, 11) is 1.68. The van der Waals surface area contributed by atoms with Crippen LogP contribution in [0.25, 0.3) is 0 Å². The molecule has 0 amide bonds. The highest BCUT2D eigenvalue weighted by atomic mass is 32.1. The standard InChI is InChI=1S/C13H16N2OS/c1-3-14-12(13-15-8-9-17-13)10-4-6-11(16-2)7-5-10/h4-9,12,14H,3H2,1-2H3. The Morgan fingerprint density at radius 1 is 1.35 bits per heavy atom. The van der Waals surface area contributed by atoms with Crippen molar-refractivity contribution in [3.05, 3.63) is 46.4 Å². The molecule has 1 aromatic heterocycles. The monoisotopic (exact) mass is 248 g/mol. The van der Waals surface area contributed by atoms with E-state index in [0.29, 0.717) is 0 Å². The molecule has 0 bridgehead atoms. The normalized spacial score (nSPS) is 12.4. The van der Waals surface area contributed by atoms with E-state index in [1.807, 2.05) is 23.7 Å². The first-order chi connectivity index (χ1) is 8.35. The molecule has 1 aromatic carbocycles. The van der Waals surface area contributed by atoms with E-state index in [9.17, 15) is 0 Å². The van der Waals surface area contributed by atoms with E-state index in [0.717, 1.165) is 17.3 Å². The van der Waals surface area contributed by atoms with Gasteiger partial charge in [-0.1, -0.05) is 19.1 Å². The third kappa shape index (κ3) is 2.84. The van der Waals surface area contributed by atoms with Crippen molar-refractivity contribution >= 4 is 11.3 Å². The predicted octanol–water partition coefficient (Wildman–Crippen LogP) is 2.85. The molecular weight excluding hydrogens is 232 g/mol. The lowest BCUT2D eigenvalue weighted by molar-refractivity contribution is 0.414. The van der Waals surface area contributed by atoms with E-state index in [2.05, 4.69) is 29.4 Å². The molecule has 0 saturated carbocycles. The average molecular weight is 248 g/mol. The van der Waals surface area contributed by atoms with Gasteiger partial charge >= 0.3 is 0 Å². The van der Waals surface area contributed by atoms with Crippen molar-refractivity contribution in [3.63, 3.8) is 0 Å². The van der Waals surface area contributed by atoms with Crippen LogP contribution < -0.4 is 10.1 Å². The van der Waals surface area contributed by atoms with Crippen molar-refractivity contribution in [2.45, 2.75) is 13.0 Å². The van der Waals surface area contributed by atoms with Crippen LogP contribution in [0.3, 0.4) is 0 Å². The molecule has 0 fully saturated rings. The SMILES string of the molecule is CCNC(c1ccc(OC)cc1)c1nccs1. The van der Waals surface area contributed by atoms with Crippen LogP contribution >= 0.6 is 11.3 Å². The number of nitrogens with zero attached hydrogens (tertiary/aromatic N) is 1. The summed E-state index contributed by atoms with van der Waals surface area (Å²) < 4.78 is 5.17. The molecule has 0 spiro atoms. The van der Waals surface area contributed by atoms with Gasteiger partial charge in [0.15, 0.2) is 0 Å². The summed E-state index contributed by atoms with van der Waals surface area (Å²) in [5.41, 5.74) is 1.21. The summed E-state index contributed by atoms with van der Waals surface area (Å²) >= 11 is 1.67. The molecule has 17 heavy (non-hydrogen) atoms. The number of hydrogen-bond donors (Lipinski definition) is 1. The van der Waals surface area contributed by atoms with Crippen molar-refractivity contribution in [1.29, 1.82) is 0 Å². The first-order valence-corrected chi connectivity index (χ1v) is 6.50. The van der Waals surface area contributed by atoms with Crippen molar-refractivity contribution in [2.75, 3.05) is 13.7 Å². The maximum atomic E-state index is 5.17. The molecule has 1 unspecified atom stereocenters. The first-order valence-electron chi connectivity index (χ1n) is 5.62. The number of ether oxygens (including phenoxy) is 1. The number of rotatable bonds is 5. The molecule has 3 nitrogen and oxygen atoms in total. The van der Waals surface area contributed by atoms with Gasteiger partial charge in [0, 0.05) is 11.6 Å². The second kappa shape index (κ2) is 5.80. The van der Waals surface area contributed by atoms with Gasteiger partial charge in [-0.15, -0.1) is 11.3 Å². The smallest absolute Gasteiger partial charge is 0.118 e. The van der Waals surface area contributed by atoms with E-state index in [1.165, 1.54) is 5.56 Å². The number of hydrogen-bond acceptors (Lipinski definition) is 4. The molecule has 0 saturated heterocycles. The van der Waals surface area contributed by atoms with Gasteiger partial charge in [0.05, 0.1) is 13.2 Å². The predicted molar refractivity (Wildman–Crippen MR) is 70.6 cm³/mol. The minimum atomic E-state index is 0.172. The molecule has 0 aliphatic carbocycles. The fourth-order valence-corrected chi connectivity index (χ4v) is 2.46. The quantitative estimate of drug-likeness (QED) is 0.883. The Kier molecular flexibility index (Phi) is 4.12. The van der Waals surface area contributed by atoms with Gasteiger partial charge in [0.2, 0.25) is 0 Å². The Hall–Kier alpha value is -1.39. The molecule has 0 radical (unpaired) electrons. The van der Waals surface area contributed by atoms with E-state index in [-0.39, 0.29) is 6.04 Å². The third-order valence-corrected chi connectivity index (χ3v) is 3.40. The molecule has 1 heterocycles. The van der Waals surface area contributed by atoms with Gasteiger partial charge in [-0.25, -0.2) is 4.98 Å². The Balaban J connectivity index is 2.26. The Labute approximate surface area is 105 Å². The van der Waals surface area contributed by atoms with Gasteiger partial charge < -0.3 is 10.1 Å². The molecular formula is C13H16N2OS. The maximum absolute atomic E-state index is 5.17. The third-order valence-electron chi connectivity index (χ3n) is 2.56. The van der Waals surface area contributed by atoms with Crippen LogP contribution in [0.5, 0.6) is 5.75 Å². The average Bonchev–Trinajstić information content (AvgIpc) is 2.90. The van der Waals surface area contributed by atoms with Gasteiger partial charge in [0.25, 0.3) is 0 Å². The highest BCUT2D eigenvalue weighted by Crippen LogP contribution is 2.25. The topological polar surface area (TPSA) is 34.1 Å². The molecule has 2 rings (SSSR count). The summed E-state index contributed by atoms with van der Waals surface area (Å²) in [6.07, 6.45) is 1.84. The van der Waals surface area contributed by atoms with Crippen LogP contribution in [-0.2, 0) is 0 Å². The second-order valence-electron chi connectivity index (χ2n) is 3.63. The molecule has 1 atom stereocenters. The fraction of sp³-hybridized carbons (Fsp3) is 0.308. The van der Waals surface area contributed by atoms with Gasteiger partial charge in [-0.3, -0.25) is 0 Å². The van der Waals surface area contributed by atoms with E-state index < -0.39 is 0 Å². The zero-order chi connectivity index (χ0) is 12.1. The van der Waals surface area contributed by atoms with E-state index in [4.69, 9.17) is 4.74 Å². The molecule has 1 N–H and O–H groups in total. The van der Waals surface area contributed by atoms with Crippen LogP contribution in [-0.4, -0.2) is 18.6 Å². The highest BCUT2D eigenvalue weighted by Gasteiger charge is 2.15. The lowest BCUT2D eigenvalue weighted by atomic mass is 10.1. The molecule has 0 aliphatic rings. The molecule has 0 aliphatic heterocycles. The van der Waals surface area contributed by atoms with Crippen LogP contribution in [0.4, 0.5) is 0 Å². The van der Waals surface area contributed by atoms with Gasteiger partial charge in [-0.2, -0.15) is 0 Å². The second-order valence-corrected chi connectivity index (χ2v) is 4.56. The van der Waals surface area contributed by atoms with Gasteiger partial charge in [-0.05, 0) is 24.2 Å². The summed E-state index contributed by atoms with van der Waals surface area (Å²) in [5, 5.41) is 6.54. The van der Waals surface area contributed by atoms with Crippen molar-refractivity contribution in [3.8, 4) is 5.75 Å². The highest BCUT2D eigenvalue weighted by molar-refractivity contribution is 7.09. The summed E-state index contributed by atoms with van der Waals surface area (Å²) in [6, 6.07) is 8.28. The zero-order valence-electron chi connectivity index (χ0n) is 10.0. The minimum absolute atomic E-state index is 0.172. The van der Waals surface area contributed by atoms with Crippen molar-refractivity contribution < 1.29 is 4.74 Å². The van der Waals surface area contributed by atoms with E-state index in [1.54, 1.807) is 18.4 Å². The summed E-state index contributed by atoms with van der Waals surface area (Å²) in [6.45, 7) is 3.01. The number of aromatic nitrogens is 1. The fourth-order valence-electron chi connectivity index (χ4n) is 1.73. The lowest BCUT2D eigenvalue weighted by Gasteiger charge is -2.16. The van der Waals surface area contributed by atoms with Gasteiger partial charge in [0.1, 0.15) is 10.8 Å². The maximum Gasteiger partial charge on any atom is 0.118 e. The molecule has 4 heteroatoms. The first kappa shape index (κ1) is 12.1. The Bertz CT molecular complexity index is 439. The van der Waals surface area contributed by atoms with E-state index >= 15 is 0 Å². The Morgan fingerprint density at radius 2 is 2.12 bits per heavy atom. The number of thiazole rings is 1. The van der Waals surface area contributed by atoms with Crippen LogP contribution in [0.1, 0.15) is 23.5 Å². The summed E-state index contributed by atoms with van der Waals surface area (Å²) in [5.74, 6) is 0.878. The lowest BCUT2D eigenvalue weighted by Crippen LogP contribution is -2.21.